The summed E-state index contributed by atoms with van der Waals surface area (Å²) in [5.41, 5.74) is 2.33. The van der Waals surface area contributed by atoms with Gasteiger partial charge in [-0.15, -0.1) is 11.3 Å². The lowest BCUT2D eigenvalue weighted by molar-refractivity contribution is -0.136. The van der Waals surface area contributed by atoms with Crippen molar-refractivity contribution < 1.29 is 14.4 Å². The van der Waals surface area contributed by atoms with Crippen LogP contribution in [0, 0.1) is 12.8 Å². The molecule has 2 amide bonds. The summed E-state index contributed by atoms with van der Waals surface area (Å²) in [7, 11) is 1.73. The van der Waals surface area contributed by atoms with Gasteiger partial charge >= 0.3 is 0 Å². The number of aryl methyl sites for hydroxylation is 2. The van der Waals surface area contributed by atoms with Gasteiger partial charge in [-0.2, -0.15) is 5.10 Å². The van der Waals surface area contributed by atoms with Crippen molar-refractivity contribution >= 4 is 52.1 Å². The molecule has 4 aromatic rings. The van der Waals surface area contributed by atoms with E-state index in [1.807, 2.05) is 36.6 Å². The van der Waals surface area contributed by atoms with E-state index in [9.17, 15) is 14.4 Å². The van der Waals surface area contributed by atoms with Gasteiger partial charge in [-0.25, -0.2) is 0 Å². The highest BCUT2D eigenvalue weighted by Gasteiger charge is 2.59. The first-order valence-corrected chi connectivity index (χ1v) is 15.8. The molecular weight excluding hydrogens is 605 g/mol. The molecule has 2 aliphatic rings. The molecule has 0 bridgehead atoms. The number of Topliss-reactive ketones (excluding diaryl/α,β-unsaturated/α-hetero) is 1. The molecule has 2 aliphatic heterocycles. The SMILES string of the molecule is Cc1nn(C)c(Cl)c1C1C(C(=O)c2cccs2)C(c2ccc(Cl)cc2)C(C(=O)N2CCNCC2)N1C(=O)c1ccccc1. The number of piperazine rings is 1. The topological polar surface area (TPSA) is 87.5 Å². The summed E-state index contributed by atoms with van der Waals surface area (Å²) < 4.78 is 1.55. The molecule has 2 aromatic carbocycles. The van der Waals surface area contributed by atoms with Crippen LogP contribution in [0.15, 0.2) is 72.1 Å². The van der Waals surface area contributed by atoms with Crippen molar-refractivity contribution in [3.05, 3.63) is 110 Å². The van der Waals surface area contributed by atoms with Gasteiger partial charge in [-0.1, -0.05) is 59.6 Å². The Kier molecular flexibility index (Phi) is 8.42. The number of ketones is 1. The van der Waals surface area contributed by atoms with Gasteiger partial charge in [-0.05, 0) is 48.2 Å². The number of likely N-dealkylation sites (tertiary alicyclic amines) is 1. The van der Waals surface area contributed by atoms with E-state index in [4.69, 9.17) is 23.2 Å². The molecule has 2 saturated heterocycles. The smallest absolute Gasteiger partial charge is 0.255 e. The number of hydrogen-bond donors (Lipinski definition) is 1. The number of carbonyl (C=O) groups is 3. The molecule has 2 aromatic heterocycles. The largest absolute Gasteiger partial charge is 0.338 e. The second-order valence-corrected chi connectivity index (χ2v) is 12.6. The van der Waals surface area contributed by atoms with Gasteiger partial charge in [0.2, 0.25) is 5.91 Å². The minimum Gasteiger partial charge on any atom is -0.338 e. The number of halogens is 2. The lowest BCUT2D eigenvalue weighted by atomic mass is 9.77. The van der Waals surface area contributed by atoms with Crippen molar-refractivity contribution in [2.24, 2.45) is 13.0 Å². The van der Waals surface area contributed by atoms with Crippen LogP contribution in [-0.4, -0.2) is 69.4 Å². The van der Waals surface area contributed by atoms with Gasteiger partial charge in [0.25, 0.3) is 5.91 Å². The van der Waals surface area contributed by atoms with Gasteiger partial charge < -0.3 is 15.1 Å². The minimum atomic E-state index is -0.985. The van der Waals surface area contributed by atoms with Crippen LogP contribution in [0.3, 0.4) is 0 Å². The number of nitrogens with zero attached hydrogens (tertiary/aromatic N) is 4. The third-order valence-electron chi connectivity index (χ3n) is 8.42. The maximum Gasteiger partial charge on any atom is 0.255 e. The number of rotatable bonds is 6. The average molecular weight is 637 g/mol. The normalized spacial score (nSPS) is 22.1. The highest BCUT2D eigenvalue weighted by Crippen LogP contribution is 2.54. The predicted molar refractivity (Wildman–Crippen MR) is 168 cm³/mol. The van der Waals surface area contributed by atoms with Crippen LogP contribution in [0.4, 0.5) is 0 Å². The van der Waals surface area contributed by atoms with Crippen molar-refractivity contribution in [1.82, 2.24) is 24.9 Å². The molecule has 4 atom stereocenters. The third kappa shape index (κ3) is 5.40. The molecule has 4 unspecified atom stereocenters. The zero-order valence-electron chi connectivity index (χ0n) is 23.7. The standard InChI is InChI=1S/C32H31Cl2N5O3S/c1-19-24(30(34)37(2)36-19)27-26(29(40)23-9-6-18-43-23)25(20-10-12-22(33)13-11-20)28(32(42)38-16-14-35-15-17-38)39(27)31(41)21-7-4-3-5-8-21/h3-13,18,25-28,35H,14-17H2,1-2H3. The van der Waals surface area contributed by atoms with E-state index in [1.165, 1.54) is 11.3 Å². The molecule has 1 N–H and O–H groups in total. The molecule has 2 fully saturated rings. The van der Waals surface area contributed by atoms with Crippen molar-refractivity contribution in [3.63, 3.8) is 0 Å². The second kappa shape index (κ2) is 12.2. The summed E-state index contributed by atoms with van der Waals surface area (Å²) >= 11 is 14.6. The van der Waals surface area contributed by atoms with Crippen LogP contribution in [0.2, 0.25) is 10.2 Å². The monoisotopic (exact) mass is 635 g/mol. The first-order valence-electron chi connectivity index (χ1n) is 14.2. The Balaban J connectivity index is 1.64. The summed E-state index contributed by atoms with van der Waals surface area (Å²) in [4.78, 5) is 48.0. The molecule has 4 heterocycles. The first-order chi connectivity index (χ1) is 20.8. The Hall–Kier alpha value is -3.50. The zero-order chi connectivity index (χ0) is 30.2. The van der Waals surface area contributed by atoms with Gasteiger partial charge in [0, 0.05) is 55.3 Å². The Morgan fingerprint density at radius 2 is 1.65 bits per heavy atom. The number of carbonyl (C=O) groups excluding carboxylic acids is 3. The lowest BCUT2D eigenvalue weighted by Crippen LogP contribution is -2.55. The molecule has 0 aliphatic carbocycles. The van der Waals surface area contributed by atoms with Gasteiger partial charge in [0.05, 0.1) is 22.5 Å². The van der Waals surface area contributed by atoms with E-state index in [0.717, 1.165) is 5.56 Å². The van der Waals surface area contributed by atoms with Crippen molar-refractivity contribution in [1.29, 1.82) is 0 Å². The van der Waals surface area contributed by atoms with Gasteiger partial charge in [0.15, 0.2) is 5.78 Å². The fourth-order valence-corrected chi connectivity index (χ4v) is 7.63. The third-order valence-corrected chi connectivity index (χ3v) is 10.0. The Bertz CT molecular complexity index is 1640. The molecule has 0 radical (unpaired) electrons. The summed E-state index contributed by atoms with van der Waals surface area (Å²) in [6.07, 6.45) is 0. The quantitative estimate of drug-likeness (QED) is 0.288. The highest BCUT2D eigenvalue weighted by atomic mass is 35.5. The summed E-state index contributed by atoms with van der Waals surface area (Å²) in [5, 5.41) is 10.6. The van der Waals surface area contributed by atoms with Crippen LogP contribution in [0.1, 0.15) is 48.8 Å². The Labute approximate surface area is 264 Å². The number of thiophene rings is 1. The van der Waals surface area contributed by atoms with E-state index >= 15 is 0 Å². The van der Waals surface area contributed by atoms with Crippen molar-refractivity contribution in [2.45, 2.75) is 24.9 Å². The van der Waals surface area contributed by atoms with E-state index in [0.29, 0.717) is 58.1 Å². The maximum absolute atomic E-state index is 14.7. The molecular formula is C32H31Cl2N5O3S. The summed E-state index contributed by atoms with van der Waals surface area (Å²) in [6, 6.07) is 17.9. The van der Waals surface area contributed by atoms with E-state index in [1.54, 1.807) is 64.0 Å². The van der Waals surface area contributed by atoms with Crippen molar-refractivity contribution in [2.75, 3.05) is 26.2 Å². The molecule has 11 heteroatoms. The summed E-state index contributed by atoms with van der Waals surface area (Å²) in [6.45, 7) is 4.10. The molecule has 6 rings (SSSR count). The van der Waals surface area contributed by atoms with E-state index < -0.39 is 23.9 Å². The van der Waals surface area contributed by atoms with Gasteiger partial charge in [0.1, 0.15) is 11.2 Å². The number of aromatic nitrogens is 2. The van der Waals surface area contributed by atoms with Crippen molar-refractivity contribution in [3.8, 4) is 0 Å². The first kappa shape index (κ1) is 29.6. The number of hydrogen-bond acceptors (Lipinski definition) is 6. The fourth-order valence-electron chi connectivity index (χ4n) is 6.50. The average Bonchev–Trinajstić information content (AvgIpc) is 3.74. The predicted octanol–water partition coefficient (Wildman–Crippen LogP) is 5.38. The van der Waals surface area contributed by atoms with E-state index in [-0.39, 0.29) is 17.6 Å². The molecule has 0 spiro atoms. The van der Waals surface area contributed by atoms with Crippen LogP contribution >= 0.6 is 34.5 Å². The van der Waals surface area contributed by atoms with Crippen LogP contribution in [-0.2, 0) is 11.8 Å². The molecule has 8 nitrogen and oxygen atoms in total. The second-order valence-electron chi connectivity index (χ2n) is 10.9. The number of amides is 2. The number of benzene rings is 2. The highest BCUT2D eigenvalue weighted by molar-refractivity contribution is 7.12. The Morgan fingerprint density at radius 1 is 0.953 bits per heavy atom. The summed E-state index contributed by atoms with van der Waals surface area (Å²) in [5.74, 6) is -2.21. The fraction of sp³-hybridized carbons (Fsp3) is 0.312. The zero-order valence-corrected chi connectivity index (χ0v) is 26.1. The number of nitrogens with one attached hydrogen (secondary N) is 1. The maximum atomic E-state index is 14.7. The van der Waals surface area contributed by atoms with Crippen LogP contribution < -0.4 is 5.32 Å². The Morgan fingerprint density at radius 3 is 2.26 bits per heavy atom. The minimum absolute atomic E-state index is 0.152. The molecule has 0 saturated carbocycles. The van der Waals surface area contributed by atoms with E-state index in [2.05, 4.69) is 10.4 Å². The lowest BCUT2D eigenvalue weighted by Gasteiger charge is -2.36. The van der Waals surface area contributed by atoms with Crippen LogP contribution in [0.25, 0.3) is 0 Å². The molecule has 222 valence electrons. The van der Waals surface area contributed by atoms with Crippen LogP contribution in [0.5, 0.6) is 0 Å². The van der Waals surface area contributed by atoms with Gasteiger partial charge in [-0.3, -0.25) is 19.1 Å². The molecule has 43 heavy (non-hydrogen) atoms.